The molecule has 0 unspecified atom stereocenters. The van der Waals surface area contributed by atoms with E-state index in [4.69, 9.17) is 9.47 Å². The van der Waals surface area contributed by atoms with Gasteiger partial charge in [-0.05, 0) is 30.3 Å². The third-order valence-corrected chi connectivity index (χ3v) is 5.60. The maximum Gasteiger partial charge on any atom is 0.240 e. The number of anilines is 1. The second kappa shape index (κ2) is 8.45. The Morgan fingerprint density at radius 2 is 1.90 bits per heavy atom. The highest BCUT2D eigenvalue weighted by Gasteiger charge is 2.18. The van der Waals surface area contributed by atoms with Crippen LogP contribution in [0, 0.1) is 0 Å². The summed E-state index contributed by atoms with van der Waals surface area (Å²) in [5.41, 5.74) is 0. The van der Waals surface area contributed by atoms with Crippen LogP contribution < -0.4 is 19.5 Å². The summed E-state index contributed by atoms with van der Waals surface area (Å²) in [6.07, 6.45) is 4.18. The summed E-state index contributed by atoms with van der Waals surface area (Å²) in [5, 5.41) is 15.2. The van der Waals surface area contributed by atoms with Gasteiger partial charge in [-0.3, -0.25) is 0 Å². The van der Waals surface area contributed by atoms with E-state index in [1.807, 2.05) is 0 Å². The lowest BCUT2D eigenvalue weighted by atomic mass is 10.3. The predicted octanol–water partition coefficient (Wildman–Crippen LogP) is 1.21. The van der Waals surface area contributed by atoms with E-state index >= 15 is 0 Å². The molecule has 0 radical (unpaired) electrons. The summed E-state index contributed by atoms with van der Waals surface area (Å²) < 4.78 is 40.3. The highest BCUT2D eigenvalue weighted by Crippen LogP contribution is 2.31. The minimum atomic E-state index is -3.67. The zero-order valence-electron chi connectivity index (χ0n) is 15.5. The SMILES string of the molecule is O=S(=O)(NCCNc1ccc(-n2cccn2)nn1)c1ccc2c(c1)OCCCO2. The van der Waals surface area contributed by atoms with Crippen LogP contribution in [0.1, 0.15) is 6.42 Å². The Labute approximate surface area is 167 Å². The van der Waals surface area contributed by atoms with E-state index in [0.717, 1.165) is 6.42 Å². The van der Waals surface area contributed by atoms with Crippen LogP contribution in [0.5, 0.6) is 11.5 Å². The monoisotopic (exact) mass is 416 g/mol. The van der Waals surface area contributed by atoms with Gasteiger partial charge in [-0.25, -0.2) is 17.8 Å². The lowest BCUT2D eigenvalue weighted by Crippen LogP contribution is -2.29. The second-order valence-corrected chi connectivity index (χ2v) is 7.98. The molecule has 10 nitrogen and oxygen atoms in total. The lowest BCUT2D eigenvalue weighted by molar-refractivity contribution is 0.297. The Bertz CT molecular complexity index is 1050. The summed E-state index contributed by atoms with van der Waals surface area (Å²) in [5.74, 6) is 2.13. The smallest absolute Gasteiger partial charge is 0.240 e. The van der Waals surface area contributed by atoms with Crippen LogP contribution in [0.2, 0.25) is 0 Å². The van der Waals surface area contributed by atoms with Crippen LogP contribution in [0.15, 0.2) is 53.7 Å². The molecule has 3 aromatic rings. The molecule has 0 atom stereocenters. The van der Waals surface area contributed by atoms with Gasteiger partial charge in [0.25, 0.3) is 0 Å². The third kappa shape index (κ3) is 4.63. The number of benzene rings is 1. The van der Waals surface area contributed by atoms with Crippen LogP contribution in [-0.4, -0.2) is 54.7 Å². The van der Waals surface area contributed by atoms with Crippen LogP contribution >= 0.6 is 0 Å². The molecule has 0 saturated carbocycles. The van der Waals surface area contributed by atoms with E-state index in [0.29, 0.717) is 42.9 Å². The molecule has 0 spiro atoms. The van der Waals surface area contributed by atoms with Gasteiger partial charge in [0.2, 0.25) is 10.0 Å². The average Bonchev–Trinajstić information content (AvgIpc) is 3.17. The molecule has 152 valence electrons. The van der Waals surface area contributed by atoms with E-state index in [2.05, 4.69) is 25.3 Å². The largest absolute Gasteiger partial charge is 0.490 e. The average molecular weight is 416 g/mol. The minimum Gasteiger partial charge on any atom is -0.490 e. The molecule has 2 N–H and O–H groups in total. The fraction of sp³-hybridized carbons (Fsp3) is 0.278. The first-order chi connectivity index (χ1) is 14.1. The van der Waals surface area contributed by atoms with E-state index in [1.54, 1.807) is 41.3 Å². The van der Waals surface area contributed by atoms with Crippen molar-refractivity contribution in [2.24, 2.45) is 0 Å². The minimum absolute atomic E-state index is 0.130. The van der Waals surface area contributed by atoms with Gasteiger partial charge in [0.15, 0.2) is 17.3 Å². The summed E-state index contributed by atoms with van der Waals surface area (Å²) in [4.78, 5) is 0.130. The molecule has 0 fully saturated rings. The number of nitrogens with zero attached hydrogens (tertiary/aromatic N) is 4. The van der Waals surface area contributed by atoms with Crippen molar-refractivity contribution in [3.8, 4) is 17.3 Å². The van der Waals surface area contributed by atoms with E-state index in [1.165, 1.54) is 12.1 Å². The molecule has 11 heteroatoms. The second-order valence-electron chi connectivity index (χ2n) is 6.21. The maximum absolute atomic E-state index is 12.5. The van der Waals surface area contributed by atoms with Crippen molar-refractivity contribution < 1.29 is 17.9 Å². The molecule has 29 heavy (non-hydrogen) atoms. The summed E-state index contributed by atoms with van der Waals surface area (Å²) in [7, 11) is -3.67. The topological polar surface area (TPSA) is 120 Å². The predicted molar refractivity (Wildman–Crippen MR) is 105 cm³/mol. The molecule has 0 amide bonds. The van der Waals surface area contributed by atoms with Crippen molar-refractivity contribution in [2.45, 2.75) is 11.3 Å². The van der Waals surface area contributed by atoms with Gasteiger partial charge in [0.1, 0.15) is 5.82 Å². The lowest BCUT2D eigenvalue weighted by Gasteiger charge is -2.11. The molecule has 2 aromatic heterocycles. The molecule has 0 bridgehead atoms. The van der Waals surface area contributed by atoms with Crippen LogP contribution in [-0.2, 0) is 10.0 Å². The summed E-state index contributed by atoms with van der Waals surface area (Å²) >= 11 is 0. The Morgan fingerprint density at radius 3 is 2.66 bits per heavy atom. The van der Waals surface area contributed by atoms with Crippen molar-refractivity contribution in [3.63, 3.8) is 0 Å². The summed E-state index contributed by atoms with van der Waals surface area (Å²) in [6, 6.07) is 9.92. The van der Waals surface area contributed by atoms with E-state index in [-0.39, 0.29) is 11.4 Å². The molecular formula is C18H20N6O4S. The molecule has 1 aliphatic rings. The quantitative estimate of drug-likeness (QED) is 0.552. The molecule has 3 heterocycles. The van der Waals surface area contributed by atoms with Crippen molar-refractivity contribution in [1.82, 2.24) is 24.7 Å². The number of hydrogen-bond acceptors (Lipinski definition) is 8. The first-order valence-corrected chi connectivity index (χ1v) is 10.6. The highest BCUT2D eigenvalue weighted by atomic mass is 32.2. The van der Waals surface area contributed by atoms with Crippen molar-refractivity contribution in [3.05, 3.63) is 48.8 Å². The van der Waals surface area contributed by atoms with Gasteiger partial charge in [-0.2, -0.15) is 5.10 Å². The number of sulfonamides is 1. The Morgan fingerprint density at radius 1 is 1.03 bits per heavy atom. The van der Waals surface area contributed by atoms with E-state index in [9.17, 15) is 8.42 Å². The molecular weight excluding hydrogens is 396 g/mol. The number of hydrogen-bond donors (Lipinski definition) is 2. The Hall–Kier alpha value is -3.18. The standard InChI is InChI=1S/C18H20N6O4S/c25-29(26,14-3-4-15-16(13-14)28-12-2-11-27-15)21-9-8-19-17-5-6-18(23-22-17)24-10-1-7-20-24/h1,3-7,10,13,21H,2,8-9,11-12H2,(H,19,22). The number of fused-ring (bicyclic) bond motifs is 1. The Kier molecular flexibility index (Phi) is 5.58. The molecule has 0 aliphatic carbocycles. The highest BCUT2D eigenvalue weighted by molar-refractivity contribution is 7.89. The first kappa shape index (κ1) is 19.2. The molecule has 0 saturated heterocycles. The van der Waals surface area contributed by atoms with Crippen LogP contribution in [0.4, 0.5) is 5.82 Å². The van der Waals surface area contributed by atoms with Gasteiger partial charge in [0.05, 0.1) is 18.1 Å². The van der Waals surface area contributed by atoms with Gasteiger partial charge >= 0.3 is 0 Å². The van der Waals surface area contributed by atoms with Crippen LogP contribution in [0.3, 0.4) is 0 Å². The summed E-state index contributed by atoms with van der Waals surface area (Å²) in [6.45, 7) is 1.57. The van der Waals surface area contributed by atoms with Crippen molar-refractivity contribution in [1.29, 1.82) is 0 Å². The van der Waals surface area contributed by atoms with Gasteiger partial charge in [0, 0.05) is 38.0 Å². The fourth-order valence-electron chi connectivity index (χ4n) is 2.72. The van der Waals surface area contributed by atoms with Crippen molar-refractivity contribution in [2.75, 3.05) is 31.6 Å². The van der Waals surface area contributed by atoms with E-state index < -0.39 is 10.0 Å². The Balaban J connectivity index is 1.31. The number of aromatic nitrogens is 4. The molecule has 1 aliphatic heterocycles. The first-order valence-electron chi connectivity index (χ1n) is 9.09. The van der Waals surface area contributed by atoms with Gasteiger partial charge in [-0.1, -0.05) is 0 Å². The van der Waals surface area contributed by atoms with Gasteiger partial charge in [-0.15, -0.1) is 10.2 Å². The van der Waals surface area contributed by atoms with Gasteiger partial charge < -0.3 is 14.8 Å². The fourth-order valence-corrected chi connectivity index (χ4v) is 3.76. The molecule has 1 aromatic carbocycles. The van der Waals surface area contributed by atoms with Crippen molar-refractivity contribution >= 4 is 15.8 Å². The zero-order chi connectivity index (χ0) is 20.1. The number of ether oxygens (including phenoxy) is 2. The number of nitrogens with one attached hydrogen (secondary N) is 2. The number of rotatable bonds is 7. The molecule has 4 rings (SSSR count). The third-order valence-electron chi connectivity index (χ3n) is 4.14. The maximum atomic E-state index is 12.5. The van der Waals surface area contributed by atoms with Crippen LogP contribution in [0.25, 0.3) is 5.82 Å². The zero-order valence-corrected chi connectivity index (χ0v) is 16.3. The normalized spacial score (nSPS) is 13.7.